The number of rotatable bonds is 9. The lowest BCUT2D eigenvalue weighted by atomic mass is 9.85. The second kappa shape index (κ2) is 10.2. The molecular weight excluding hydrogens is 298 g/mol. The Morgan fingerprint density at radius 3 is 2.25 bits per heavy atom. The van der Waals surface area contributed by atoms with Crippen molar-refractivity contribution in [2.24, 2.45) is 0 Å². The molecule has 1 aromatic carbocycles. The van der Waals surface area contributed by atoms with E-state index in [1.807, 2.05) is 30.3 Å². The van der Waals surface area contributed by atoms with Gasteiger partial charge in [0.1, 0.15) is 0 Å². The molecule has 1 heterocycles. The first-order valence-corrected chi connectivity index (χ1v) is 9.78. The molecule has 2 rings (SSSR count). The summed E-state index contributed by atoms with van der Waals surface area (Å²) in [5.74, 6) is 0. The van der Waals surface area contributed by atoms with E-state index >= 15 is 0 Å². The van der Waals surface area contributed by atoms with Crippen LogP contribution in [0, 0.1) is 0 Å². The maximum absolute atomic E-state index is 10.5. The topological polar surface area (TPSA) is 43.7 Å². The third-order valence-corrected chi connectivity index (χ3v) is 5.53. The summed E-state index contributed by atoms with van der Waals surface area (Å²) in [6.07, 6.45) is 9.64. The lowest BCUT2D eigenvalue weighted by molar-refractivity contribution is -0.0941. The molecule has 4 atom stereocenters. The Bertz CT molecular complexity index is 450. The summed E-state index contributed by atoms with van der Waals surface area (Å²) in [5, 5.41) is 20.8. The van der Waals surface area contributed by atoms with Gasteiger partial charge in [-0.2, -0.15) is 0 Å². The van der Waals surface area contributed by atoms with E-state index in [1.54, 1.807) is 0 Å². The number of likely N-dealkylation sites (N-methyl/N-ethyl adjacent to an activating group) is 1. The molecule has 0 saturated carbocycles. The molecule has 0 radical (unpaired) electrons. The molecule has 1 saturated heterocycles. The van der Waals surface area contributed by atoms with Crippen molar-refractivity contribution in [3.63, 3.8) is 0 Å². The minimum Gasteiger partial charge on any atom is -0.390 e. The van der Waals surface area contributed by atoms with Gasteiger partial charge < -0.3 is 10.2 Å². The van der Waals surface area contributed by atoms with Crippen LogP contribution in [0.15, 0.2) is 30.3 Å². The van der Waals surface area contributed by atoms with E-state index in [-0.39, 0.29) is 6.04 Å². The van der Waals surface area contributed by atoms with Crippen molar-refractivity contribution >= 4 is 0 Å². The average molecular weight is 334 g/mol. The van der Waals surface area contributed by atoms with E-state index in [2.05, 4.69) is 18.9 Å². The van der Waals surface area contributed by atoms with E-state index < -0.39 is 12.2 Å². The fourth-order valence-corrected chi connectivity index (χ4v) is 4.00. The molecule has 1 aliphatic rings. The number of aliphatic hydroxyl groups excluding tert-OH is 2. The van der Waals surface area contributed by atoms with Crippen molar-refractivity contribution in [2.75, 3.05) is 7.05 Å². The molecular formula is C21H35NO2. The molecule has 3 nitrogen and oxygen atoms in total. The molecule has 0 aliphatic carbocycles. The van der Waals surface area contributed by atoms with Gasteiger partial charge in [0, 0.05) is 6.04 Å². The highest BCUT2D eigenvalue weighted by molar-refractivity contribution is 5.22. The fourth-order valence-electron chi connectivity index (χ4n) is 4.00. The van der Waals surface area contributed by atoms with Gasteiger partial charge in [0.2, 0.25) is 0 Å². The Labute approximate surface area is 147 Å². The van der Waals surface area contributed by atoms with E-state index in [1.165, 1.54) is 44.9 Å². The van der Waals surface area contributed by atoms with Crippen LogP contribution >= 0.6 is 0 Å². The summed E-state index contributed by atoms with van der Waals surface area (Å²) in [5.41, 5.74) is 1.09. The minimum atomic E-state index is -0.706. The first kappa shape index (κ1) is 19.4. The summed E-state index contributed by atoms with van der Waals surface area (Å²) in [7, 11) is 2.10. The van der Waals surface area contributed by atoms with Crippen molar-refractivity contribution in [1.29, 1.82) is 0 Å². The smallest absolute Gasteiger partial charge is 0.0995 e. The third kappa shape index (κ3) is 5.30. The Morgan fingerprint density at radius 1 is 0.958 bits per heavy atom. The van der Waals surface area contributed by atoms with E-state index in [0.29, 0.717) is 12.5 Å². The normalized spacial score (nSPS) is 28.2. The van der Waals surface area contributed by atoms with Gasteiger partial charge in [-0.15, -0.1) is 0 Å². The summed E-state index contributed by atoms with van der Waals surface area (Å²) in [4.78, 5) is 2.28. The number of aliphatic hydroxyl groups is 2. The molecule has 1 fully saturated rings. The van der Waals surface area contributed by atoms with Crippen molar-refractivity contribution < 1.29 is 10.2 Å². The number of hydrogen-bond donors (Lipinski definition) is 2. The highest BCUT2D eigenvalue weighted by atomic mass is 16.3. The van der Waals surface area contributed by atoms with Crippen LogP contribution in [-0.4, -0.2) is 40.4 Å². The molecule has 1 aromatic rings. The number of unbranched alkanes of at least 4 members (excludes halogenated alkanes) is 6. The van der Waals surface area contributed by atoms with Crippen LogP contribution in [-0.2, 0) is 0 Å². The van der Waals surface area contributed by atoms with Crippen molar-refractivity contribution in [2.45, 2.75) is 89.0 Å². The van der Waals surface area contributed by atoms with Crippen LogP contribution < -0.4 is 0 Å². The maximum Gasteiger partial charge on any atom is 0.0995 e. The fraction of sp³-hybridized carbons (Fsp3) is 0.714. The first-order valence-electron chi connectivity index (χ1n) is 9.78. The van der Waals surface area contributed by atoms with Crippen LogP contribution in [0.4, 0.5) is 0 Å². The zero-order valence-electron chi connectivity index (χ0n) is 15.4. The average Bonchev–Trinajstić information content (AvgIpc) is 2.59. The minimum absolute atomic E-state index is 0.107. The van der Waals surface area contributed by atoms with Gasteiger partial charge in [-0.25, -0.2) is 0 Å². The van der Waals surface area contributed by atoms with E-state index in [4.69, 9.17) is 0 Å². The molecule has 0 bridgehead atoms. The number of likely N-dealkylation sites (tertiary alicyclic amines) is 1. The number of nitrogens with zero attached hydrogens (tertiary/aromatic N) is 1. The zero-order chi connectivity index (χ0) is 17.4. The molecule has 24 heavy (non-hydrogen) atoms. The van der Waals surface area contributed by atoms with Gasteiger partial charge in [0.05, 0.1) is 18.2 Å². The second-order valence-corrected chi connectivity index (χ2v) is 7.38. The summed E-state index contributed by atoms with van der Waals surface area (Å²) < 4.78 is 0. The lowest BCUT2D eigenvalue weighted by Crippen LogP contribution is -2.52. The maximum atomic E-state index is 10.5. The van der Waals surface area contributed by atoms with Crippen LogP contribution in [0.3, 0.4) is 0 Å². The highest BCUT2D eigenvalue weighted by Crippen LogP contribution is 2.35. The quantitative estimate of drug-likeness (QED) is 0.662. The molecule has 0 unspecified atom stereocenters. The number of hydrogen-bond acceptors (Lipinski definition) is 3. The second-order valence-electron chi connectivity index (χ2n) is 7.38. The van der Waals surface area contributed by atoms with Crippen molar-refractivity contribution in [3.8, 4) is 0 Å². The SMILES string of the molecule is CCCCCCCCC[C@@H]1C[C@H](O)[C@H](O)[C@H](c2ccccc2)N1C. The monoisotopic (exact) mass is 333 g/mol. The van der Waals surface area contributed by atoms with Gasteiger partial charge >= 0.3 is 0 Å². The highest BCUT2D eigenvalue weighted by Gasteiger charge is 2.40. The molecule has 1 aliphatic heterocycles. The molecule has 136 valence electrons. The largest absolute Gasteiger partial charge is 0.390 e. The molecule has 0 aromatic heterocycles. The van der Waals surface area contributed by atoms with Gasteiger partial charge in [-0.1, -0.05) is 82.2 Å². The van der Waals surface area contributed by atoms with Gasteiger partial charge in [-0.3, -0.25) is 4.90 Å². The first-order chi connectivity index (χ1) is 11.6. The van der Waals surface area contributed by atoms with Crippen molar-refractivity contribution in [1.82, 2.24) is 4.90 Å². The summed E-state index contributed by atoms with van der Waals surface area (Å²) in [6.45, 7) is 2.25. The predicted octanol–water partition coefficient (Wildman–Crippen LogP) is 4.29. The Hall–Kier alpha value is -0.900. The molecule has 3 heteroatoms. The van der Waals surface area contributed by atoms with E-state index in [0.717, 1.165) is 12.0 Å². The van der Waals surface area contributed by atoms with Crippen LogP contribution in [0.5, 0.6) is 0 Å². The predicted molar refractivity (Wildman–Crippen MR) is 100.0 cm³/mol. The lowest BCUT2D eigenvalue weighted by Gasteiger charge is -2.45. The van der Waals surface area contributed by atoms with Gasteiger partial charge in [-0.05, 0) is 25.5 Å². The Morgan fingerprint density at radius 2 is 1.58 bits per heavy atom. The van der Waals surface area contributed by atoms with Gasteiger partial charge in [0.15, 0.2) is 0 Å². The van der Waals surface area contributed by atoms with Crippen LogP contribution in [0.25, 0.3) is 0 Å². The number of benzene rings is 1. The van der Waals surface area contributed by atoms with Crippen molar-refractivity contribution in [3.05, 3.63) is 35.9 Å². The Balaban J connectivity index is 1.84. The summed E-state index contributed by atoms with van der Waals surface area (Å²) >= 11 is 0. The van der Waals surface area contributed by atoms with Gasteiger partial charge in [0.25, 0.3) is 0 Å². The number of piperidine rings is 1. The molecule has 2 N–H and O–H groups in total. The van der Waals surface area contributed by atoms with E-state index in [9.17, 15) is 10.2 Å². The molecule has 0 spiro atoms. The Kier molecular flexibility index (Phi) is 8.23. The zero-order valence-corrected chi connectivity index (χ0v) is 15.4. The van der Waals surface area contributed by atoms with Crippen LogP contribution in [0.2, 0.25) is 0 Å². The summed E-state index contributed by atoms with van der Waals surface area (Å²) in [6, 6.07) is 10.3. The van der Waals surface area contributed by atoms with Crippen LogP contribution in [0.1, 0.15) is 76.3 Å². The third-order valence-electron chi connectivity index (χ3n) is 5.53. The molecule has 0 amide bonds. The standard InChI is InChI=1S/C21H35NO2/c1-3-4-5-6-7-8-12-15-18-16-19(23)21(24)20(22(18)2)17-13-10-9-11-14-17/h9-11,13-14,18-21,23-24H,3-8,12,15-16H2,1-2H3/t18-,19+,20+,21+/m1/s1.